The van der Waals surface area contributed by atoms with Crippen LogP contribution in [0.2, 0.25) is 10.0 Å². The fourth-order valence-corrected chi connectivity index (χ4v) is 2.41. The Bertz CT molecular complexity index is 717. The molecule has 0 aliphatic rings. The topological polar surface area (TPSA) is 64.6 Å². The van der Waals surface area contributed by atoms with Crippen molar-refractivity contribution in [1.29, 1.82) is 0 Å². The third kappa shape index (κ3) is 5.96. The van der Waals surface area contributed by atoms with Crippen molar-refractivity contribution >= 4 is 40.8 Å². The number of hydrogen-bond donors (Lipinski definition) is 1. The second kappa shape index (κ2) is 9.30. The molecule has 0 spiro atoms. The van der Waals surface area contributed by atoms with Gasteiger partial charge >= 0.3 is 5.97 Å². The van der Waals surface area contributed by atoms with Crippen molar-refractivity contribution in [1.82, 2.24) is 0 Å². The quantitative estimate of drug-likeness (QED) is 0.724. The molecule has 2 aromatic carbocycles. The maximum absolute atomic E-state index is 12.1. The summed E-state index contributed by atoms with van der Waals surface area (Å²) in [7, 11) is 0. The predicted molar refractivity (Wildman–Crippen MR) is 97.2 cm³/mol. The first-order valence-electron chi connectivity index (χ1n) is 7.59. The number of anilines is 1. The van der Waals surface area contributed by atoms with Crippen molar-refractivity contribution in [2.24, 2.45) is 0 Å². The molecular weight excluding hydrogens is 365 g/mol. The highest BCUT2D eigenvalue weighted by atomic mass is 35.5. The van der Waals surface area contributed by atoms with E-state index in [1.807, 2.05) is 18.2 Å². The molecule has 0 saturated carbocycles. The number of nitrogens with one attached hydrogen (secondary N) is 1. The number of ether oxygens (including phenoxy) is 2. The van der Waals surface area contributed by atoms with Crippen LogP contribution in [0.5, 0.6) is 5.75 Å². The van der Waals surface area contributed by atoms with Gasteiger partial charge in [-0.25, -0.2) is 0 Å². The van der Waals surface area contributed by atoms with Gasteiger partial charge in [0.2, 0.25) is 0 Å². The van der Waals surface area contributed by atoms with E-state index in [9.17, 15) is 9.59 Å². The first-order valence-corrected chi connectivity index (χ1v) is 8.35. The Balaban J connectivity index is 1.79. The van der Waals surface area contributed by atoms with Crippen LogP contribution in [-0.4, -0.2) is 24.6 Å². The van der Waals surface area contributed by atoms with Crippen molar-refractivity contribution in [2.75, 3.05) is 11.9 Å². The lowest BCUT2D eigenvalue weighted by Crippen LogP contribution is -2.30. The van der Waals surface area contributed by atoms with E-state index in [0.29, 0.717) is 15.8 Å². The number of rotatable bonds is 7. The number of halogens is 2. The summed E-state index contributed by atoms with van der Waals surface area (Å²) in [4.78, 5) is 23.9. The van der Waals surface area contributed by atoms with E-state index in [-0.39, 0.29) is 18.7 Å². The van der Waals surface area contributed by atoms with Crippen LogP contribution in [0, 0.1) is 0 Å². The number of carbonyl (C=O) groups is 2. The highest BCUT2D eigenvalue weighted by Crippen LogP contribution is 2.29. The van der Waals surface area contributed by atoms with E-state index in [4.69, 9.17) is 32.7 Å². The van der Waals surface area contributed by atoms with Gasteiger partial charge in [-0.3, -0.25) is 9.59 Å². The summed E-state index contributed by atoms with van der Waals surface area (Å²) < 4.78 is 10.5. The number of carbonyl (C=O) groups excluding carboxylic acids is 2. The second-order valence-corrected chi connectivity index (χ2v) is 5.94. The van der Waals surface area contributed by atoms with Crippen LogP contribution >= 0.6 is 23.2 Å². The van der Waals surface area contributed by atoms with Crippen LogP contribution in [-0.2, 0) is 14.3 Å². The number of para-hydroxylation sites is 2. The molecule has 0 radical (unpaired) electrons. The van der Waals surface area contributed by atoms with Gasteiger partial charge < -0.3 is 14.8 Å². The third-order valence-corrected chi connectivity index (χ3v) is 3.84. The molecule has 0 heterocycles. The van der Waals surface area contributed by atoms with Gasteiger partial charge in [-0.05, 0) is 31.2 Å². The molecule has 2 aromatic rings. The smallest absolute Gasteiger partial charge is 0.310 e. The van der Waals surface area contributed by atoms with Crippen molar-refractivity contribution < 1.29 is 19.1 Å². The molecule has 0 unspecified atom stereocenters. The Labute approximate surface area is 155 Å². The van der Waals surface area contributed by atoms with E-state index in [1.165, 1.54) is 6.92 Å². The molecule has 0 fully saturated rings. The summed E-state index contributed by atoms with van der Waals surface area (Å²) >= 11 is 12.0. The van der Waals surface area contributed by atoms with Gasteiger partial charge in [0, 0.05) is 0 Å². The van der Waals surface area contributed by atoms with Gasteiger partial charge in [0.25, 0.3) is 5.91 Å². The number of benzene rings is 2. The Morgan fingerprint density at radius 3 is 2.32 bits per heavy atom. The zero-order valence-electron chi connectivity index (χ0n) is 13.5. The van der Waals surface area contributed by atoms with Gasteiger partial charge in [-0.15, -0.1) is 0 Å². The largest absolute Gasteiger partial charge is 0.493 e. The number of esters is 1. The molecule has 0 aromatic heterocycles. The minimum absolute atomic E-state index is 0.0271. The SMILES string of the molecule is C[C@H](OC(=O)CCOc1ccccc1)C(=O)Nc1c(Cl)cccc1Cl. The van der Waals surface area contributed by atoms with Crippen molar-refractivity contribution in [3.05, 3.63) is 58.6 Å². The minimum Gasteiger partial charge on any atom is -0.493 e. The van der Waals surface area contributed by atoms with Crippen molar-refractivity contribution in [3.8, 4) is 5.75 Å². The molecule has 0 bridgehead atoms. The predicted octanol–water partition coefficient (Wildman–Crippen LogP) is 4.33. The van der Waals surface area contributed by atoms with Crippen LogP contribution in [0.1, 0.15) is 13.3 Å². The summed E-state index contributed by atoms with van der Waals surface area (Å²) in [6.45, 7) is 1.63. The third-order valence-electron chi connectivity index (χ3n) is 3.21. The monoisotopic (exact) mass is 381 g/mol. The standard InChI is InChI=1S/C18H17Cl2NO4/c1-12(18(23)21-17-14(19)8-5-9-15(17)20)25-16(22)10-11-24-13-6-3-2-4-7-13/h2-9,12H,10-11H2,1H3,(H,21,23)/t12-/m0/s1. The van der Waals surface area contributed by atoms with Gasteiger partial charge in [0.05, 0.1) is 28.8 Å². The zero-order chi connectivity index (χ0) is 18.2. The summed E-state index contributed by atoms with van der Waals surface area (Å²) in [5.74, 6) is -0.398. The van der Waals surface area contributed by atoms with Crippen molar-refractivity contribution in [2.45, 2.75) is 19.4 Å². The summed E-state index contributed by atoms with van der Waals surface area (Å²) in [5.41, 5.74) is 0.283. The zero-order valence-corrected chi connectivity index (χ0v) is 15.0. The van der Waals surface area contributed by atoms with Gasteiger partial charge in [0.15, 0.2) is 6.10 Å². The molecule has 132 valence electrons. The average Bonchev–Trinajstić information content (AvgIpc) is 2.59. The molecule has 7 heteroatoms. The van der Waals surface area contributed by atoms with Gasteiger partial charge in [0.1, 0.15) is 5.75 Å². The molecule has 5 nitrogen and oxygen atoms in total. The first kappa shape index (κ1) is 19.1. The van der Waals surface area contributed by atoms with E-state index in [2.05, 4.69) is 5.32 Å². The Kier molecular flexibility index (Phi) is 7.10. The fraction of sp³-hybridized carbons (Fsp3) is 0.222. The van der Waals surface area contributed by atoms with Crippen molar-refractivity contribution in [3.63, 3.8) is 0 Å². The Morgan fingerprint density at radius 1 is 1.04 bits per heavy atom. The first-order chi connectivity index (χ1) is 12.0. The number of hydrogen-bond acceptors (Lipinski definition) is 4. The summed E-state index contributed by atoms with van der Waals surface area (Å²) in [6, 6.07) is 14.0. The molecule has 0 saturated heterocycles. The van der Waals surface area contributed by atoms with Crippen LogP contribution in [0.3, 0.4) is 0 Å². The lowest BCUT2D eigenvalue weighted by atomic mass is 10.3. The van der Waals surface area contributed by atoms with Crippen LogP contribution in [0.4, 0.5) is 5.69 Å². The molecular formula is C18H17Cl2NO4. The van der Waals surface area contributed by atoms with Crippen LogP contribution in [0.15, 0.2) is 48.5 Å². The number of amides is 1. The Morgan fingerprint density at radius 2 is 1.68 bits per heavy atom. The van der Waals surface area contributed by atoms with Crippen LogP contribution < -0.4 is 10.1 Å². The van der Waals surface area contributed by atoms with Gasteiger partial charge in [-0.2, -0.15) is 0 Å². The maximum atomic E-state index is 12.1. The highest BCUT2D eigenvalue weighted by molar-refractivity contribution is 6.39. The highest BCUT2D eigenvalue weighted by Gasteiger charge is 2.19. The lowest BCUT2D eigenvalue weighted by Gasteiger charge is -2.15. The Hall–Kier alpha value is -2.24. The van der Waals surface area contributed by atoms with E-state index < -0.39 is 18.0 Å². The fourth-order valence-electron chi connectivity index (χ4n) is 1.92. The lowest BCUT2D eigenvalue weighted by molar-refractivity contribution is -0.153. The molecule has 25 heavy (non-hydrogen) atoms. The molecule has 0 aliphatic heterocycles. The molecule has 1 amide bonds. The van der Waals surface area contributed by atoms with E-state index in [0.717, 1.165) is 0 Å². The van der Waals surface area contributed by atoms with E-state index in [1.54, 1.807) is 30.3 Å². The maximum Gasteiger partial charge on any atom is 0.310 e. The molecule has 0 aliphatic carbocycles. The minimum atomic E-state index is -0.989. The normalized spacial score (nSPS) is 11.5. The summed E-state index contributed by atoms with van der Waals surface area (Å²) in [6.07, 6.45) is -0.962. The second-order valence-electron chi connectivity index (χ2n) is 5.13. The van der Waals surface area contributed by atoms with Crippen LogP contribution in [0.25, 0.3) is 0 Å². The molecule has 2 rings (SSSR count). The molecule has 1 atom stereocenters. The average molecular weight is 382 g/mol. The molecule has 1 N–H and O–H groups in total. The van der Waals surface area contributed by atoms with E-state index >= 15 is 0 Å². The van der Waals surface area contributed by atoms with Gasteiger partial charge in [-0.1, -0.05) is 47.5 Å². The summed E-state index contributed by atoms with van der Waals surface area (Å²) in [5, 5.41) is 3.16.